The summed E-state index contributed by atoms with van der Waals surface area (Å²) < 4.78 is 0. The van der Waals surface area contributed by atoms with E-state index in [1.54, 1.807) is 30.2 Å². The van der Waals surface area contributed by atoms with Crippen molar-refractivity contribution in [1.29, 1.82) is 0 Å². The first-order valence-corrected chi connectivity index (χ1v) is 13.0. The summed E-state index contributed by atoms with van der Waals surface area (Å²) in [5.74, 6) is 0.564. The number of amides is 2. The van der Waals surface area contributed by atoms with Gasteiger partial charge >= 0.3 is 6.03 Å². The van der Waals surface area contributed by atoms with Gasteiger partial charge in [0.1, 0.15) is 6.54 Å². The van der Waals surface area contributed by atoms with E-state index in [-0.39, 0.29) is 35.4 Å². The molecule has 35 heavy (non-hydrogen) atoms. The zero-order valence-electron chi connectivity index (χ0n) is 20.7. The van der Waals surface area contributed by atoms with E-state index in [2.05, 4.69) is 25.9 Å². The van der Waals surface area contributed by atoms with Crippen LogP contribution in [0.1, 0.15) is 44.9 Å². The minimum absolute atomic E-state index is 0.00488. The monoisotopic (exact) mass is 480 g/mol. The van der Waals surface area contributed by atoms with Crippen molar-refractivity contribution in [2.24, 2.45) is 20.4 Å². The quantitative estimate of drug-likeness (QED) is 0.550. The summed E-state index contributed by atoms with van der Waals surface area (Å²) in [6.07, 6.45) is 10.8. The molecular weight excluding hydrogens is 444 g/mol. The molecule has 188 valence electrons. The molecule has 5 unspecified atom stereocenters. The van der Waals surface area contributed by atoms with Crippen molar-refractivity contribution in [2.75, 3.05) is 40.3 Å². The molecule has 7 heterocycles. The number of aliphatic imine (C=N–C) groups is 3. The van der Waals surface area contributed by atoms with Crippen molar-refractivity contribution >= 4 is 29.7 Å². The Kier molecular flexibility index (Phi) is 5.65. The Hall–Kier alpha value is -2.43. The average molecular weight is 481 g/mol. The highest BCUT2D eigenvalue weighted by molar-refractivity contribution is 6.46. The number of urea groups is 1. The summed E-state index contributed by atoms with van der Waals surface area (Å²) in [4.78, 5) is 43.9. The number of hydrogen-bond acceptors (Lipinski definition) is 8. The minimum Gasteiger partial charge on any atom is -0.330 e. The van der Waals surface area contributed by atoms with Crippen molar-refractivity contribution in [3.8, 4) is 0 Å². The number of ketones is 1. The maximum Gasteiger partial charge on any atom is 0.325 e. The van der Waals surface area contributed by atoms with E-state index in [1.165, 1.54) is 6.42 Å². The molecular formula is C25H36N8O2. The van der Waals surface area contributed by atoms with Gasteiger partial charge in [0.2, 0.25) is 0 Å². The topological polar surface area (TPSA) is 114 Å². The van der Waals surface area contributed by atoms with Crippen LogP contribution in [0.3, 0.4) is 0 Å². The predicted octanol–water partition coefficient (Wildman–Crippen LogP) is 0.703. The van der Waals surface area contributed by atoms with Crippen LogP contribution in [0.2, 0.25) is 0 Å². The minimum atomic E-state index is -0.321. The predicted molar refractivity (Wildman–Crippen MR) is 135 cm³/mol. The number of carbonyl (C=O) groups is 2. The molecule has 0 radical (unpaired) electrons. The molecule has 10 nitrogen and oxygen atoms in total. The SMILES string of the molecule is CN(C)C(=O)N1C=NC=C(C2=NCC(=O)C(C34CCC(CNC3)NC4)=N2)C1C12CCCC(CC1)N2. The van der Waals surface area contributed by atoms with Gasteiger partial charge in [0.25, 0.3) is 0 Å². The van der Waals surface area contributed by atoms with E-state index in [9.17, 15) is 9.59 Å². The normalized spacial score (nSPS) is 38.6. The third-order valence-corrected chi connectivity index (χ3v) is 8.88. The highest BCUT2D eigenvalue weighted by Gasteiger charge is 2.53. The molecule has 0 saturated carbocycles. The van der Waals surface area contributed by atoms with Crippen LogP contribution in [0, 0.1) is 5.41 Å². The second-order valence-electron chi connectivity index (χ2n) is 11.3. The molecule has 0 aliphatic carbocycles. The van der Waals surface area contributed by atoms with Gasteiger partial charge < -0.3 is 20.9 Å². The molecule has 0 aromatic carbocycles. The second-order valence-corrected chi connectivity index (χ2v) is 11.3. The molecule has 0 spiro atoms. The van der Waals surface area contributed by atoms with Crippen LogP contribution in [0.25, 0.3) is 0 Å². The first kappa shape index (κ1) is 23.0. The third-order valence-electron chi connectivity index (χ3n) is 8.88. The van der Waals surface area contributed by atoms with Crippen molar-refractivity contribution in [3.05, 3.63) is 11.8 Å². The van der Waals surface area contributed by atoms with Gasteiger partial charge in [-0.25, -0.2) is 14.8 Å². The van der Waals surface area contributed by atoms with Crippen LogP contribution < -0.4 is 16.0 Å². The molecule has 5 atom stereocenters. The van der Waals surface area contributed by atoms with E-state index < -0.39 is 0 Å². The number of carbonyl (C=O) groups excluding carboxylic acids is 2. The number of nitrogens with zero attached hydrogens (tertiary/aromatic N) is 5. The standard InChI is InChI=1S/C25H36N8O2/c1-32(2)23(35)33-15-27-11-18(21(33)25-7-3-4-16(31-25)6-9-25)22-28-12-19(34)20(30-22)24-8-5-17(29-14-24)10-26-13-24/h11,15-17,21,26,29,31H,3-10,12-14H2,1-2H3. The molecule has 5 fully saturated rings. The lowest BCUT2D eigenvalue weighted by Gasteiger charge is -2.47. The van der Waals surface area contributed by atoms with E-state index in [0.717, 1.165) is 63.7 Å². The van der Waals surface area contributed by atoms with Crippen LogP contribution in [-0.2, 0) is 4.79 Å². The van der Waals surface area contributed by atoms with Gasteiger partial charge in [0.15, 0.2) is 11.6 Å². The van der Waals surface area contributed by atoms with Gasteiger partial charge in [0.05, 0.1) is 18.1 Å². The summed E-state index contributed by atoms with van der Waals surface area (Å²) >= 11 is 0. The molecule has 7 rings (SSSR count). The molecule has 0 aromatic rings. The Labute approximate surface area is 206 Å². The van der Waals surface area contributed by atoms with Gasteiger partial charge in [-0.2, -0.15) is 0 Å². The number of fused-ring (bicyclic) bond motifs is 6. The summed E-state index contributed by atoms with van der Waals surface area (Å²) in [6, 6.07) is 0.553. The van der Waals surface area contributed by atoms with Gasteiger partial charge in [-0.15, -0.1) is 0 Å². The highest BCUT2D eigenvalue weighted by atomic mass is 16.2. The van der Waals surface area contributed by atoms with Crippen molar-refractivity contribution in [2.45, 2.75) is 68.6 Å². The number of Topliss-reactive ketones (excluding diaryl/α,β-unsaturated/α-hetero) is 1. The number of rotatable bonds is 3. The zero-order chi connectivity index (χ0) is 24.2. The Morgan fingerprint density at radius 2 is 2.00 bits per heavy atom. The van der Waals surface area contributed by atoms with Crippen LogP contribution in [0.15, 0.2) is 26.8 Å². The van der Waals surface area contributed by atoms with Gasteiger partial charge in [0, 0.05) is 68.5 Å². The lowest BCUT2D eigenvalue weighted by atomic mass is 9.73. The fraction of sp³-hybridized carbons (Fsp3) is 0.720. The molecule has 7 aliphatic rings. The molecule has 5 saturated heterocycles. The summed E-state index contributed by atoms with van der Waals surface area (Å²) in [7, 11) is 3.53. The van der Waals surface area contributed by atoms with E-state index in [4.69, 9.17) is 4.99 Å². The van der Waals surface area contributed by atoms with E-state index in [1.807, 2.05) is 6.20 Å². The van der Waals surface area contributed by atoms with Gasteiger partial charge in [-0.05, 0) is 44.9 Å². The second kappa shape index (κ2) is 8.60. The largest absolute Gasteiger partial charge is 0.330 e. The van der Waals surface area contributed by atoms with E-state index >= 15 is 0 Å². The van der Waals surface area contributed by atoms with Crippen LogP contribution in [-0.4, -0.2) is 103 Å². The number of nitrogens with one attached hydrogen (secondary N) is 3. The molecule has 7 aliphatic heterocycles. The molecule has 0 aromatic heterocycles. The van der Waals surface area contributed by atoms with Crippen LogP contribution in [0.5, 0.6) is 0 Å². The summed E-state index contributed by atoms with van der Waals surface area (Å²) in [5.41, 5.74) is 0.898. The fourth-order valence-electron chi connectivity index (χ4n) is 7.09. The lowest BCUT2D eigenvalue weighted by molar-refractivity contribution is -0.112. The van der Waals surface area contributed by atoms with Gasteiger partial charge in [-0.1, -0.05) is 0 Å². The zero-order valence-corrected chi connectivity index (χ0v) is 20.7. The first-order valence-electron chi connectivity index (χ1n) is 13.0. The van der Waals surface area contributed by atoms with E-state index in [0.29, 0.717) is 23.6 Å². The third kappa shape index (κ3) is 3.77. The van der Waals surface area contributed by atoms with Crippen molar-refractivity contribution in [3.63, 3.8) is 0 Å². The maximum atomic E-state index is 13.3. The number of hydrogen-bond donors (Lipinski definition) is 3. The lowest BCUT2D eigenvalue weighted by Crippen LogP contribution is -2.64. The molecule has 2 amide bonds. The molecule has 4 bridgehead atoms. The van der Waals surface area contributed by atoms with Crippen LogP contribution >= 0.6 is 0 Å². The Morgan fingerprint density at radius 1 is 1.14 bits per heavy atom. The highest BCUT2D eigenvalue weighted by Crippen LogP contribution is 2.43. The average Bonchev–Trinajstić information content (AvgIpc) is 3.04. The summed E-state index contributed by atoms with van der Waals surface area (Å²) in [5, 5.41) is 11.0. The summed E-state index contributed by atoms with van der Waals surface area (Å²) in [6.45, 7) is 2.51. The maximum absolute atomic E-state index is 13.3. The smallest absolute Gasteiger partial charge is 0.325 e. The first-order chi connectivity index (χ1) is 16.9. The Bertz CT molecular complexity index is 1030. The fourth-order valence-corrected chi connectivity index (χ4v) is 7.09. The molecule has 10 heteroatoms. The number of amidine groups is 1. The van der Waals surface area contributed by atoms with Crippen molar-refractivity contribution in [1.82, 2.24) is 25.8 Å². The Balaban J connectivity index is 1.40. The molecule has 3 N–H and O–H groups in total. The van der Waals surface area contributed by atoms with Gasteiger partial charge in [-0.3, -0.25) is 14.7 Å². The Morgan fingerprint density at radius 3 is 2.80 bits per heavy atom. The van der Waals surface area contributed by atoms with Crippen LogP contribution in [0.4, 0.5) is 4.79 Å². The number of piperidine rings is 2. The van der Waals surface area contributed by atoms with Crippen molar-refractivity contribution < 1.29 is 9.59 Å².